The molecule has 0 fully saturated rings. The molecule has 2 aliphatic carbocycles. The van der Waals surface area contributed by atoms with Gasteiger partial charge >= 0.3 is 0 Å². The van der Waals surface area contributed by atoms with Crippen molar-refractivity contribution in [3.05, 3.63) is 119 Å². The Morgan fingerprint density at radius 2 is 0.733 bits per heavy atom. The normalized spacial score (nSPS) is 13.9. The standard InChI is InChI=1S/C25H16.C4H11N/c1-5-13-21-17(9-1)18-10-2-6-14-22(18)25(21)23-15-7-3-11-19(23)20-12-4-8-16-24(20)25;1-4-5(2)3/h1-16H;4H2,1-3H3. The summed E-state index contributed by atoms with van der Waals surface area (Å²) < 4.78 is 0. The molecule has 0 unspecified atom stereocenters. The lowest BCUT2D eigenvalue weighted by atomic mass is 9.70. The van der Waals surface area contributed by atoms with Crippen LogP contribution in [0.3, 0.4) is 0 Å². The first-order chi connectivity index (χ1) is 14.7. The van der Waals surface area contributed by atoms with Crippen molar-refractivity contribution in [3.63, 3.8) is 0 Å². The molecule has 0 radical (unpaired) electrons. The van der Waals surface area contributed by atoms with E-state index >= 15 is 0 Å². The molecule has 4 aromatic carbocycles. The molecule has 1 heteroatoms. The van der Waals surface area contributed by atoms with Crippen LogP contribution in [-0.2, 0) is 5.41 Å². The fourth-order valence-corrected chi connectivity index (χ4v) is 5.05. The molecule has 4 aromatic rings. The highest BCUT2D eigenvalue weighted by molar-refractivity contribution is 5.94. The minimum Gasteiger partial charge on any atom is -0.310 e. The molecule has 0 saturated heterocycles. The van der Waals surface area contributed by atoms with Gasteiger partial charge < -0.3 is 4.90 Å². The van der Waals surface area contributed by atoms with E-state index < -0.39 is 0 Å². The number of nitrogens with zero attached hydrogens (tertiary/aromatic N) is 1. The monoisotopic (exact) mass is 389 g/mol. The zero-order valence-electron chi connectivity index (χ0n) is 17.9. The van der Waals surface area contributed by atoms with Gasteiger partial charge in [-0.1, -0.05) is 104 Å². The molecule has 0 atom stereocenters. The van der Waals surface area contributed by atoms with E-state index in [1.165, 1.54) is 44.5 Å². The summed E-state index contributed by atoms with van der Waals surface area (Å²) >= 11 is 0. The quantitative estimate of drug-likeness (QED) is 0.306. The minimum atomic E-state index is -0.180. The Kier molecular flexibility index (Phi) is 4.56. The van der Waals surface area contributed by atoms with Gasteiger partial charge in [0.1, 0.15) is 0 Å². The Balaban J connectivity index is 0.000000349. The van der Waals surface area contributed by atoms with E-state index in [1.54, 1.807) is 0 Å². The van der Waals surface area contributed by atoms with Crippen LogP contribution in [0.1, 0.15) is 29.2 Å². The third kappa shape index (κ3) is 2.52. The van der Waals surface area contributed by atoms with Crippen LogP contribution in [0.25, 0.3) is 22.3 Å². The van der Waals surface area contributed by atoms with E-state index in [4.69, 9.17) is 0 Å². The molecule has 2 aliphatic rings. The smallest absolute Gasteiger partial charge is 0.0725 e. The average Bonchev–Trinajstić information content (AvgIpc) is 3.27. The summed E-state index contributed by atoms with van der Waals surface area (Å²) in [5.41, 5.74) is 10.9. The molecule has 0 aromatic heterocycles. The van der Waals surface area contributed by atoms with Crippen LogP contribution in [0.2, 0.25) is 0 Å². The highest BCUT2D eigenvalue weighted by atomic mass is 15.0. The zero-order valence-corrected chi connectivity index (χ0v) is 17.9. The van der Waals surface area contributed by atoms with Gasteiger partial charge in [-0.3, -0.25) is 0 Å². The van der Waals surface area contributed by atoms with Crippen LogP contribution in [0, 0.1) is 0 Å². The Bertz CT molecular complexity index is 1030. The summed E-state index contributed by atoms with van der Waals surface area (Å²) in [4.78, 5) is 2.12. The summed E-state index contributed by atoms with van der Waals surface area (Å²) in [6.45, 7) is 3.26. The number of fused-ring (bicyclic) bond motifs is 10. The SMILES string of the molecule is CCN(C)C.c1ccc2c(c1)-c1ccccc1C21c2ccccc2-c2ccccc21. The highest BCUT2D eigenvalue weighted by Crippen LogP contribution is 2.62. The Hall–Kier alpha value is -3.16. The predicted molar refractivity (Wildman–Crippen MR) is 127 cm³/mol. The summed E-state index contributed by atoms with van der Waals surface area (Å²) in [7, 11) is 4.11. The fourth-order valence-electron chi connectivity index (χ4n) is 5.05. The molecule has 1 spiro atoms. The molecule has 0 saturated carbocycles. The van der Waals surface area contributed by atoms with Crippen LogP contribution >= 0.6 is 0 Å². The van der Waals surface area contributed by atoms with Crippen molar-refractivity contribution in [2.45, 2.75) is 12.3 Å². The van der Waals surface area contributed by atoms with Crippen molar-refractivity contribution < 1.29 is 0 Å². The van der Waals surface area contributed by atoms with Crippen molar-refractivity contribution in [3.8, 4) is 22.3 Å². The highest BCUT2D eigenvalue weighted by Gasteiger charge is 2.51. The van der Waals surface area contributed by atoms with Crippen molar-refractivity contribution in [2.24, 2.45) is 0 Å². The van der Waals surface area contributed by atoms with E-state index in [0.29, 0.717) is 0 Å². The lowest BCUT2D eigenvalue weighted by molar-refractivity contribution is 0.434. The van der Waals surface area contributed by atoms with E-state index in [0.717, 1.165) is 6.54 Å². The van der Waals surface area contributed by atoms with Gasteiger partial charge in [0, 0.05) is 0 Å². The number of hydrogen-bond acceptors (Lipinski definition) is 1. The molecule has 148 valence electrons. The maximum atomic E-state index is 2.31. The van der Waals surface area contributed by atoms with Gasteiger partial charge in [0.25, 0.3) is 0 Å². The third-order valence-corrected chi connectivity index (χ3v) is 6.54. The first-order valence-electron chi connectivity index (χ1n) is 10.7. The topological polar surface area (TPSA) is 3.24 Å². The van der Waals surface area contributed by atoms with Crippen molar-refractivity contribution in [1.29, 1.82) is 0 Å². The van der Waals surface area contributed by atoms with Gasteiger partial charge in [0.15, 0.2) is 0 Å². The van der Waals surface area contributed by atoms with E-state index in [1.807, 2.05) is 0 Å². The second kappa shape index (κ2) is 7.27. The molecule has 6 rings (SSSR count). The Morgan fingerprint density at radius 3 is 0.967 bits per heavy atom. The molecule has 1 nitrogen and oxygen atoms in total. The van der Waals surface area contributed by atoms with E-state index in [-0.39, 0.29) is 5.41 Å². The van der Waals surface area contributed by atoms with Gasteiger partial charge in [0.2, 0.25) is 0 Å². The van der Waals surface area contributed by atoms with Gasteiger partial charge in [-0.15, -0.1) is 0 Å². The number of benzene rings is 4. The van der Waals surface area contributed by atoms with Gasteiger partial charge in [0.05, 0.1) is 5.41 Å². The minimum absolute atomic E-state index is 0.180. The molecule has 0 heterocycles. The molecule has 0 N–H and O–H groups in total. The van der Waals surface area contributed by atoms with Crippen LogP contribution in [0.15, 0.2) is 97.1 Å². The van der Waals surface area contributed by atoms with Crippen molar-refractivity contribution >= 4 is 0 Å². The molecular formula is C29H27N. The Labute approximate surface area is 179 Å². The van der Waals surface area contributed by atoms with Crippen molar-refractivity contribution in [1.82, 2.24) is 4.90 Å². The first kappa shape index (κ1) is 18.8. The lowest BCUT2D eigenvalue weighted by Crippen LogP contribution is -2.25. The number of rotatable bonds is 1. The fraction of sp³-hybridized carbons (Fsp3) is 0.172. The van der Waals surface area contributed by atoms with Crippen LogP contribution < -0.4 is 0 Å². The van der Waals surface area contributed by atoms with Gasteiger partial charge in [-0.05, 0) is 65.1 Å². The van der Waals surface area contributed by atoms with Crippen molar-refractivity contribution in [2.75, 3.05) is 20.6 Å². The summed E-state index contributed by atoms with van der Waals surface area (Å²) in [5.74, 6) is 0. The predicted octanol–water partition coefficient (Wildman–Crippen LogP) is 6.60. The number of hydrogen-bond donors (Lipinski definition) is 0. The Morgan fingerprint density at radius 1 is 0.500 bits per heavy atom. The maximum Gasteiger partial charge on any atom is 0.0725 e. The van der Waals surface area contributed by atoms with E-state index in [9.17, 15) is 0 Å². The summed E-state index contributed by atoms with van der Waals surface area (Å²) in [5, 5.41) is 0. The first-order valence-corrected chi connectivity index (χ1v) is 10.7. The largest absolute Gasteiger partial charge is 0.310 e. The second-order valence-corrected chi connectivity index (χ2v) is 8.33. The molecule has 0 aliphatic heterocycles. The third-order valence-electron chi connectivity index (χ3n) is 6.54. The second-order valence-electron chi connectivity index (χ2n) is 8.33. The maximum absolute atomic E-state index is 2.31. The lowest BCUT2D eigenvalue weighted by Gasteiger charge is -2.30. The summed E-state index contributed by atoms with van der Waals surface area (Å²) in [6.07, 6.45) is 0. The molecule has 0 bridgehead atoms. The zero-order chi connectivity index (χ0) is 20.7. The average molecular weight is 390 g/mol. The van der Waals surface area contributed by atoms with Crippen LogP contribution in [-0.4, -0.2) is 25.5 Å². The molecule has 0 amide bonds. The van der Waals surface area contributed by atoms with Crippen LogP contribution in [0.4, 0.5) is 0 Å². The van der Waals surface area contributed by atoms with Gasteiger partial charge in [-0.2, -0.15) is 0 Å². The summed E-state index contributed by atoms with van der Waals surface area (Å²) in [6, 6.07) is 35.7. The van der Waals surface area contributed by atoms with Crippen LogP contribution in [0.5, 0.6) is 0 Å². The molecule has 30 heavy (non-hydrogen) atoms. The molecular weight excluding hydrogens is 362 g/mol. The van der Waals surface area contributed by atoms with E-state index in [2.05, 4.69) is 123 Å². The van der Waals surface area contributed by atoms with Gasteiger partial charge in [-0.25, -0.2) is 0 Å².